The number of nitrogens with zero attached hydrogens (tertiary/aromatic N) is 5. The van der Waals surface area contributed by atoms with E-state index in [1.54, 1.807) is 0 Å². The van der Waals surface area contributed by atoms with Gasteiger partial charge in [0.05, 0.1) is 17.1 Å². The van der Waals surface area contributed by atoms with Gasteiger partial charge < -0.3 is 0 Å². The molecule has 3 heterocycles. The lowest BCUT2D eigenvalue weighted by atomic mass is 9.79. The first-order valence-electron chi connectivity index (χ1n) is 18.8. The molecule has 11 rings (SSSR count). The molecular formula is C49H35N5S. The zero-order valence-corrected chi connectivity index (χ0v) is 31.3. The predicted molar refractivity (Wildman–Crippen MR) is 227 cm³/mol. The summed E-state index contributed by atoms with van der Waals surface area (Å²) in [5, 5.41) is 3.44. The Morgan fingerprint density at radius 1 is 0.582 bits per heavy atom. The third kappa shape index (κ3) is 5.09. The van der Waals surface area contributed by atoms with E-state index < -0.39 is 0 Å². The van der Waals surface area contributed by atoms with Crippen molar-refractivity contribution in [2.75, 3.05) is 0 Å². The van der Waals surface area contributed by atoms with Gasteiger partial charge >= 0.3 is 0 Å². The van der Waals surface area contributed by atoms with Gasteiger partial charge in [-0.05, 0) is 58.0 Å². The Labute approximate surface area is 323 Å². The van der Waals surface area contributed by atoms with Crippen LogP contribution in [0.3, 0.4) is 0 Å². The van der Waals surface area contributed by atoms with Crippen molar-refractivity contribution in [2.24, 2.45) is 4.99 Å². The van der Waals surface area contributed by atoms with Crippen LogP contribution < -0.4 is 0 Å². The van der Waals surface area contributed by atoms with Gasteiger partial charge in [0, 0.05) is 37.8 Å². The van der Waals surface area contributed by atoms with Crippen LogP contribution >= 0.6 is 11.8 Å². The Balaban J connectivity index is 1.07. The van der Waals surface area contributed by atoms with Gasteiger partial charge in [0.15, 0.2) is 11.6 Å². The average Bonchev–Trinajstić information content (AvgIpc) is 3.90. The third-order valence-corrected chi connectivity index (χ3v) is 12.6. The molecule has 1 atom stereocenters. The minimum Gasteiger partial charge on any atom is -0.278 e. The topological polar surface area (TPSA) is 56.0 Å². The Morgan fingerprint density at radius 3 is 1.84 bits per heavy atom. The van der Waals surface area contributed by atoms with Crippen LogP contribution in [0.25, 0.3) is 67.2 Å². The molecule has 2 aliphatic carbocycles. The first-order valence-corrected chi connectivity index (χ1v) is 19.6. The number of thioether (sulfide) groups is 1. The molecule has 1 aliphatic heterocycles. The summed E-state index contributed by atoms with van der Waals surface area (Å²) in [6.45, 7) is 4.70. The molecule has 0 N–H and O–H groups in total. The second kappa shape index (κ2) is 12.3. The van der Waals surface area contributed by atoms with Gasteiger partial charge in [0.2, 0.25) is 5.95 Å². The standard InChI is InChI=1S/C49H35N5S/c1-49(2)38-27-28-40-44(55-47(50-40)33-15-7-4-8-16-33)43(38)37-26-25-34(29-39(37)49)46-51-45(32-23-21-31(22-24-32)30-13-5-3-6-14-30)52-48(53-46)54-41-19-11-9-17-35(41)36-18-10-12-20-42(36)54/h3-27,29,40H,28H2,1-2H3. The highest BCUT2D eigenvalue weighted by Crippen LogP contribution is 2.57. The molecule has 1 unspecified atom stereocenters. The normalized spacial score (nSPS) is 16.9. The maximum atomic E-state index is 5.29. The molecule has 3 aliphatic rings. The van der Waals surface area contributed by atoms with Crippen molar-refractivity contribution in [3.63, 3.8) is 0 Å². The number of hydrogen-bond acceptors (Lipinski definition) is 5. The number of hydrogen-bond donors (Lipinski definition) is 0. The Kier molecular flexibility index (Phi) is 7.20. The van der Waals surface area contributed by atoms with E-state index in [2.05, 4.69) is 170 Å². The highest BCUT2D eigenvalue weighted by Gasteiger charge is 2.44. The first-order chi connectivity index (χ1) is 27.0. The fourth-order valence-electron chi connectivity index (χ4n) is 8.67. The Morgan fingerprint density at radius 2 is 1.15 bits per heavy atom. The summed E-state index contributed by atoms with van der Waals surface area (Å²) < 4.78 is 2.18. The average molecular weight is 726 g/mol. The summed E-state index contributed by atoms with van der Waals surface area (Å²) in [4.78, 5) is 22.3. The predicted octanol–water partition coefficient (Wildman–Crippen LogP) is 11.9. The molecule has 0 radical (unpaired) electrons. The molecular weight excluding hydrogens is 691 g/mol. The molecule has 0 spiro atoms. The van der Waals surface area contributed by atoms with Crippen molar-refractivity contribution in [1.82, 2.24) is 19.5 Å². The number of fused-ring (bicyclic) bond motifs is 7. The molecule has 0 bridgehead atoms. The SMILES string of the molecule is CC1(C)C2=CCC3N=C(c4ccccc4)SC3=C2c2ccc(-c3nc(-c4ccc(-c5ccccc5)cc4)nc(-n4c5ccccc5c5ccccc54)n3)cc21. The lowest BCUT2D eigenvalue weighted by molar-refractivity contribution is 0.650. The molecule has 2 aromatic heterocycles. The number of benzene rings is 6. The lowest BCUT2D eigenvalue weighted by Gasteiger charge is -2.26. The molecule has 6 heteroatoms. The van der Waals surface area contributed by atoms with E-state index >= 15 is 0 Å². The van der Waals surface area contributed by atoms with E-state index in [-0.39, 0.29) is 11.5 Å². The molecule has 0 saturated heterocycles. The Hall–Kier alpha value is -6.37. The van der Waals surface area contributed by atoms with Crippen molar-refractivity contribution < 1.29 is 0 Å². The van der Waals surface area contributed by atoms with E-state index in [4.69, 9.17) is 19.9 Å². The third-order valence-electron chi connectivity index (χ3n) is 11.4. The summed E-state index contributed by atoms with van der Waals surface area (Å²) >= 11 is 1.84. The van der Waals surface area contributed by atoms with Crippen LogP contribution in [0, 0.1) is 0 Å². The summed E-state index contributed by atoms with van der Waals surface area (Å²) in [5.74, 6) is 1.89. The molecule has 262 valence electrons. The zero-order chi connectivity index (χ0) is 36.7. The quantitative estimate of drug-likeness (QED) is 0.177. The second-order valence-electron chi connectivity index (χ2n) is 15.0. The van der Waals surface area contributed by atoms with Gasteiger partial charge in [-0.25, -0.2) is 4.98 Å². The summed E-state index contributed by atoms with van der Waals surface area (Å²) in [5.41, 5.74) is 12.7. The van der Waals surface area contributed by atoms with E-state index in [9.17, 15) is 0 Å². The number of para-hydroxylation sites is 2. The van der Waals surface area contributed by atoms with Crippen LogP contribution in [-0.2, 0) is 5.41 Å². The van der Waals surface area contributed by atoms with Gasteiger partial charge in [-0.15, -0.1) is 0 Å². The largest absolute Gasteiger partial charge is 0.278 e. The van der Waals surface area contributed by atoms with Crippen LogP contribution in [0.15, 0.2) is 173 Å². The smallest absolute Gasteiger partial charge is 0.238 e. The van der Waals surface area contributed by atoms with Crippen molar-refractivity contribution >= 4 is 44.2 Å². The van der Waals surface area contributed by atoms with Crippen LogP contribution in [0.5, 0.6) is 0 Å². The van der Waals surface area contributed by atoms with Gasteiger partial charge in [0.25, 0.3) is 0 Å². The van der Waals surface area contributed by atoms with Crippen LogP contribution in [0.2, 0.25) is 0 Å². The molecule has 0 amide bonds. The van der Waals surface area contributed by atoms with Crippen molar-refractivity contribution in [2.45, 2.75) is 31.7 Å². The highest BCUT2D eigenvalue weighted by atomic mass is 32.2. The highest BCUT2D eigenvalue weighted by molar-refractivity contribution is 8.18. The first kappa shape index (κ1) is 32.1. The van der Waals surface area contributed by atoms with E-state index in [0.29, 0.717) is 17.6 Å². The second-order valence-corrected chi connectivity index (χ2v) is 16.0. The number of aliphatic imine (C=N–C) groups is 1. The van der Waals surface area contributed by atoms with Crippen molar-refractivity contribution in [3.8, 4) is 39.9 Å². The zero-order valence-electron chi connectivity index (χ0n) is 30.4. The maximum Gasteiger partial charge on any atom is 0.238 e. The molecule has 5 nitrogen and oxygen atoms in total. The van der Waals surface area contributed by atoms with Crippen LogP contribution in [0.4, 0.5) is 0 Å². The number of allylic oxidation sites excluding steroid dienone is 2. The van der Waals surface area contributed by atoms with Gasteiger partial charge in [0.1, 0.15) is 5.04 Å². The summed E-state index contributed by atoms with van der Waals surface area (Å²) in [6.07, 6.45) is 3.35. The van der Waals surface area contributed by atoms with Gasteiger partial charge in [-0.1, -0.05) is 165 Å². The van der Waals surface area contributed by atoms with E-state index in [1.807, 2.05) is 17.8 Å². The van der Waals surface area contributed by atoms with Gasteiger partial charge in [-0.3, -0.25) is 9.56 Å². The van der Waals surface area contributed by atoms with E-state index in [0.717, 1.165) is 39.2 Å². The molecule has 0 fully saturated rings. The number of aromatic nitrogens is 4. The van der Waals surface area contributed by atoms with E-state index in [1.165, 1.54) is 49.1 Å². The summed E-state index contributed by atoms with van der Waals surface area (Å²) in [6, 6.07) is 53.5. The Bertz CT molecular complexity index is 2880. The molecule has 8 aromatic rings. The minimum absolute atomic E-state index is 0.161. The van der Waals surface area contributed by atoms with Crippen LogP contribution in [-0.4, -0.2) is 30.6 Å². The minimum atomic E-state index is -0.187. The molecule has 55 heavy (non-hydrogen) atoms. The fourth-order valence-corrected chi connectivity index (χ4v) is 9.92. The molecule has 6 aromatic carbocycles. The van der Waals surface area contributed by atoms with Crippen molar-refractivity contribution in [3.05, 3.63) is 185 Å². The van der Waals surface area contributed by atoms with Crippen molar-refractivity contribution in [1.29, 1.82) is 0 Å². The monoisotopic (exact) mass is 725 g/mol. The van der Waals surface area contributed by atoms with Crippen LogP contribution in [0.1, 0.15) is 37.0 Å². The molecule has 0 saturated carbocycles. The maximum absolute atomic E-state index is 5.29. The number of rotatable bonds is 5. The lowest BCUT2D eigenvalue weighted by Crippen LogP contribution is -2.18. The fraction of sp³-hybridized carbons (Fsp3) is 0.102. The van der Waals surface area contributed by atoms with Gasteiger partial charge in [-0.2, -0.15) is 9.97 Å². The summed E-state index contributed by atoms with van der Waals surface area (Å²) in [7, 11) is 0.